The number of nitrogens with zero attached hydrogens (tertiary/aromatic N) is 2. The van der Waals surface area contributed by atoms with Crippen molar-refractivity contribution in [2.45, 2.75) is 83.3 Å². The monoisotopic (exact) mass is 579 g/mol. The minimum absolute atomic E-state index is 0.0733. The third-order valence-electron chi connectivity index (χ3n) is 7.92. The Balaban J connectivity index is 1.45. The molecule has 0 saturated carbocycles. The Morgan fingerprint density at radius 3 is 2.48 bits per heavy atom. The summed E-state index contributed by atoms with van der Waals surface area (Å²) in [5, 5.41) is 8.10. The summed E-state index contributed by atoms with van der Waals surface area (Å²) in [7, 11) is 0. The highest BCUT2D eigenvalue weighted by Crippen LogP contribution is 2.21. The number of likely N-dealkylation sites (tertiary alicyclic amines) is 1. The number of piperidine rings is 1. The topological polar surface area (TPSA) is 100 Å². The van der Waals surface area contributed by atoms with Crippen LogP contribution in [0, 0.1) is 11.6 Å². The number of carbonyl (C=O) groups is 2. The number of ketones is 1. The molecule has 2 heterocycles. The smallest absolute Gasteiger partial charge is 0.237 e. The van der Waals surface area contributed by atoms with Crippen molar-refractivity contribution in [3.8, 4) is 0 Å². The minimum Gasteiger partial charge on any atom is -0.383 e. The van der Waals surface area contributed by atoms with Crippen LogP contribution in [-0.2, 0) is 22.4 Å². The Hall–Kier alpha value is -3.43. The fraction of sp³-hybridized carbons (Fsp3) is 0.485. The molecule has 0 radical (unpaired) electrons. The van der Waals surface area contributed by atoms with Crippen LogP contribution >= 0.6 is 0 Å². The zero-order valence-corrected chi connectivity index (χ0v) is 24.7. The maximum absolute atomic E-state index is 14.0. The fourth-order valence-electron chi connectivity index (χ4n) is 5.66. The van der Waals surface area contributed by atoms with E-state index in [9.17, 15) is 18.4 Å². The second-order valence-electron chi connectivity index (χ2n) is 11.7. The van der Waals surface area contributed by atoms with E-state index >= 15 is 0 Å². The molecule has 0 spiro atoms. The van der Waals surface area contributed by atoms with E-state index in [1.54, 1.807) is 6.20 Å². The second kappa shape index (κ2) is 15.2. The lowest BCUT2D eigenvalue weighted by Crippen LogP contribution is -2.52. The highest BCUT2D eigenvalue weighted by Gasteiger charge is 2.26. The molecule has 0 bridgehead atoms. The lowest BCUT2D eigenvalue weighted by Gasteiger charge is -2.28. The molecule has 4 rings (SSSR count). The van der Waals surface area contributed by atoms with Gasteiger partial charge in [0.25, 0.3) is 0 Å². The van der Waals surface area contributed by atoms with Gasteiger partial charge in [-0.15, -0.1) is 0 Å². The van der Waals surface area contributed by atoms with Crippen molar-refractivity contribution in [2.75, 3.05) is 25.4 Å². The van der Waals surface area contributed by atoms with Crippen molar-refractivity contribution in [1.29, 1.82) is 0 Å². The van der Waals surface area contributed by atoms with Crippen molar-refractivity contribution < 1.29 is 18.4 Å². The molecule has 1 aliphatic rings. The van der Waals surface area contributed by atoms with Gasteiger partial charge in [0.1, 0.15) is 5.82 Å². The number of anilines is 1. The Morgan fingerprint density at radius 2 is 1.74 bits per heavy atom. The van der Waals surface area contributed by atoms with E-state index in [4.69, 9.17) is 5.73 Å². The van der Waals surface area contributed by atoms with Gasteiger partial charge < -0.3 is 21.3 Å². The van der Waals surface area contributed by atoms with Crippen LogP contribution in [0.1, 0.15) is 63.5 Å². The molecule has 1 aromatic heterocycles. The molecular formula is C33H43F2N5O2. The molecule has 9 heteroatoms. The fourth-order valence-corrected chi connectivity index (χ4v) is 5.66. The van der Waals surface area contributed by atoms with Crippen LogP contribution in [0.15, 0.2) is 48.7 Å². The first-order valence-corrected chi connectivity index (χ1v) is 15.1. The summed E-state index contributed by atoms with van der Waals surface area (Å²) in [6.45, 7) is 7.11. The van der Waals surface area contributed by atoms with Gasteiger partial charge >= 0.3 is 0 Å². The number of aromatic nitrogens is 1. The number of fused-ring (bicyclic) bond motifs is 1. The number of nitrogens with one attached hydrogen (secondary N) is 2. The van der Waals surface area contributed by atoms with Crippen LogP contribution in [0.3, 0.4) is 0 Å². The van der Waals surface area contributed by atoms with Crippen LogP contribution < -0.4 is 16.4 Å². The van der Waals surface area contributed by atoms with Gasteiger partial charge in [-0.2, -0.15) is 0 Å². The maximum atomic E-state index is 14.0. The van der Waals surface area contributed by atoms with Crippen molar-refractivity contribution in [2.24, 2.45) is 0 Å². The number of Topliss-reactive ketones (excluding diaryl/α,β-unsaturated/α-hetero) is 1. The number of amides is 1. The van der Waals surface area contributed by atoms with E-state index in [1.807, 2.05) is 38.1 Å². The van der Waals surface area contributed by atoms with Gasteiger partial charge in [-0.1, -0.05) is 44.5 Å². The van der Waals surface area contributed by atoms with E-state index in [0.717, 1.165) is 54.5 Å². The second-order valence-corrected chi connectivity index (χ2v) is 11.7. The molecule has 1 fully saturated rings. The van der Waals surface area contributed by atoms with Crippen molar-refractivity contribution in [3.05, 3.63) is 71.4 Å². The minimum atomic E-state index is -0.980. The molecule has 2 atom stereocenters. The van der Waals surface area contributed by atoms with Gasteiger partial charge in [-0.05, 0) is 92.9 Å². The lowest BCUT2D eigenvalue weighted by atomic mass is 9.96. The van der Waals surface area contributed by atoms with Gasteiger partial charge in [0.15, 0.2) is 17.4 Å². The summed E-state index contributed by atoms with van der Waals surface area (Å²) in [5.41, 5.74) is 7.37. The number of hydrogen-bond acceptors (Lipinski definition) is 6. The van der Waals surface area contributed by atoms with E-state index in [1.165, 1.54) is 25.3 Å². The standard InChI is InChI=1S/C33H43F2N5O2/c1-22(2)38-29(7-6-18-40-16-4-3-5-17-40)33(42)39-30(21-24-9-12-27(34)28(35)20-24)31(41)13-10-23-8-11-26-25(19-23)14-15-37-32(26)36/h8-9,11-12,14-15,19-20,22,29-30,38H,3-7,10,13,16-18,21H2,1-2H3,(H2,36,37)(H,39,42)/t29-,30+/m1/s1. The largest absolute Gasteiger partial charge is 0.383 e. The number of carbonyl (C=O) groups excluding carboxylic acids is 2. The summed E-state index contributed by atoms with van der Waals surface area (Å²) in [5.74, 6) is -1.90. The van der Waals surface area contributed by atoms with Gasteiger partial charge in [0.2, 0.25) is 5.91 Å². The Bertz CT molecular complexity index is 1360. The van der Waals surface area contributed by atoms with Crippen LogP contribution in [-0.4, -0.2) is 59.3 Å². The van der Waals surface area contributed by atoms with Crippen LogP contribution in [0.5, 0.6) is 0 Å². The molecule has 1 saturated heterocycles. The molecule has 0 unspecified atom stereocenters. The third kappa shape index (κ3) is 9.03. The highest BCUT2D eigenvalue weighted by atomic mass is 19.2. The quantitative estimate of drug-likeness (QED) is 0.250. The van der Waals surface area contributed by atoms with Crippen LogP contribution in [0.25, 0.3) is 10.8 Å². The zero-order chi connectivity index (χ0) is 30.1. The average Bonchev–Trinajstić information content (AvgIpc) is 2.97. The van der Waals surface area contributed by atoms with E-state index < -0.39 is 23.7 Å². The first-order valence-electron chi connectivity index (χ1n) is 15.1. The number of nitrogen functional groups attached to an aromatic ring is 1. The number of hydrogen-bond donors (Lipinski definition) is 3. The molecule has 4 N–H and O–H groups in total. The number of halogens is 2. The number of nitrogens with two attached hydrogens (primary N) is 1. The van der Waals surface area contributed by atoms with Gasteiger partial charge in [0, 0.05) is 24.0 Å². The van der Waals surface area contributed by atoms with Crippen molar-refractivity contribution in [3.63, 3.8) is 0 Å². The summed E-state index contributed by atoms with van der Waals surface area (Å²) in [6, 6.07) is 9.99. The molecule has 226 valence electrons. The molecule has 42 heavy (non-hydrogen) atoms. The van der Waals surface area contributed by atoms with Crippen LogP contribution in [0.4, 0.5) is 14.6 Å². The van der Waals surface area contributed by atoms with Crippen molar-refractivity contribution >= 4 is 28.3 Å². The average molecular weight is 580 g/mol. The SMILES string of the molecule is CC(C)N[C@H](CCCN1CCCCC1)C(=O)N[C@@H](Cc1ccc(F)c(F)c1)C(=O)CCc1ccc2c(N)nccc2c1. The predicted octanol–water partition coefficient (Wildman–Crippen LogP) is 4.96. The lowest BCUT2D eigenvalue weighted by molar-refractivity contribution is -0.129. The third-order valence-corrected chi connectivity index (χ3v) is 7.92. The summed E-state index contributed by atoms with van der Waals surface area (Å²) < 4.78 is 27.6. The van der Waals surface area contributed by atoms with E-state index in [-0.39, 0.29) is 30.6 Å². The van der Waals surface area contributed by atoms with E-state index in [2.05, 4.69) is 20.5 Å². The normalized spacial score (nSPS) is 15.5. The summed E-state index contributed by atoms with van der Waals surface area (Å²) in [6.07, 6.45) is 7.57. The zero-order valence-electron chi connectivity index (χ0n) is 24.7. The number of benzene rings is 2. The molecule has 7 nitrogen and oxygen atoms in total. The Morgan fingerprint density at radius 1 is 0.976 bits per heavy atom. The molecule has 0 aliphatic carbocycles. The molecule has 3 aromatic rings. The van der Waals surface area contributed by atoms with Crippen LogP contribution in [0.2, 0.25) is 0 Å². The molecule has 1 amide bonds. The Labute approximate surface area is 247 Å². The number of rotatable bonds is 14. The predicted molar refractivity (Wildman–Crippen MR) is 163 cm³/mol. The Kier molecular flexibility index (Phi) is 11.4. The first-order chi connectivity index (χ1) is 20.2. The number of aryl methyl sites for hydroxylation is 1. The first kappa shape index (κ1) is 31.5. The van der Waals surface area contributed by atoms with E-state index in [0.29, 0.717) is 24.2 Å². The number of pyridine rings is 1. The van der Waals surface area contributed by atoms with Gasteiger partial charge in [0.05, 0.1) is 12.1 Å². The van der Waals surface area contributed by atoms with Gasteiger partial charge in [-0.3, -0.25) is 9.59 Å². The summed E-state index contributed by atoms with van der Waals surface area (Å²) in [4.78, 5) is 33.7. The van der Waals surface area contributed by atoms with Gasteiger partial charge in [-0.25, -0.2) is 13.8 Å². The molecule has 1 aliphatic heterocycles. The van der Waals surface area contributed by atoms with Crippen molar-refractivity contribution in [1.82, 2.24) is 20.5 Å². The highest BCUT2D eigenvalue weighted by molar-refractivity contribution is 5.92. The molecular weight excluding hydrogens is 536 g/mol. The maximum Gasteiger partial charge on any atom is 0.237 e. The molecule has 2 aromatic carbocycles. The summed E-state index contributed by atoms with van der Waals surface area (Å²) >= 11 is 0.